The van der Waals surface area contributed by atoms with E-state index in [2.05, 4.69) is 0 Å². The highest BCUT2D eigenvalue weighted by Gasteiger charge is 2.48. The van der Waals surface area contributed by atoms with Crippen LogP contribution in [0.1, 0.15) is 40.0 Å². The van der Waals surface area contributed by atoms with Crippen molar-refractivity contribution >= 4 is 11.8 Å². The van der Waals surface area contributed by atoms with Gasteiger partial charge in [-0.05, 0) is 33.1 Å². The number of methoxy groups -OCH3 is 1. The molecule has 19 heavy (non-hydrogen) atoms. The quantitative estimate of drug-likeness (QED) is 0.765. The van der Waals surface area contributed by atoms with Gasteiger partial charge in [-0.15, -0.1) is 0 Å². The highest BCUT2D eigenvalue weighted by Crippen LogP contribution is 2.29. The minimum Gasteiger partial charge on any atom is -0.377 e. The molecule has 2 aliphatic heterocycles. The maximum atomic E-state index is 12.6. The lowest BCUT2D eigenvalue weighted by molar-refractivity contribution is -0.163. The molecule has 2 atom stereocenters. The molecule has 2 unspecified atom stereocenters. The summed E-state index contributed by atoms with van der Waals surface area (Å²) in [7, 11) is 1.64. The van der Waals surface area contributed by atoms with Gasteiger partial charge in [0.25, 0.3) is 0 Å². The zero-order valence-electron chi connectivity index (χ0n) is 12.3. The Hall–Kier alpha value is -1.10. The number of rotatable bonds is 4. The van der Waals surface area contributed by atoms with E-state index in [0.29, 0.717) is 13.0 Å². The average Bonchev–Trinajstić information content (AvgIpc) is 2.85. The Morgan fingerprint density at radius 1 is 1.32 bits per heavy atom. The Bertz CT molecular complexity index is 381. The predicted molar refractivity (Wildman–Crippen MR) is 71.6 cm³/mol. The van der Waals surface area contributed by atoms with E-state index in [1.165, 1.54) is 0 Å². The second-order valence-electron chi connectivity index (χ2n) is 6.04. The first-order valence-electron chi connectivity index (χ1n) is 7.07. The van der Waals surface area contributed by atoms with Crippen LogP contribution in [0.25, 0.3) is 0 Å². The summed E-state index contributed by atoms with van der Waals surface area (Å²) in [5.74, 6) is 0.200. The first kappa shape index (κ1) is 14.3. The molecule has 0 aromatic carbocycles. The number of ether oxygens (including phenoxy) is 1. The van der Waals surface area contributed by atoms with Crippen LogP contribution in [0.4, 0.5) is 0 Å². The smallest absolute Gasteiger partial charge is 0.246 e. The molecule has 2 amide bonds. The number of carbonyl (C=O) groups excluding carboxylic acids is 2. The molecule has 0 radical (unpaired) electrons. The van der Waals surface area contributed by atoms with Crippen molar-refractivity contribution in [2.75, 3.05) is 20.2 Å². The van der Waals surface area contributed by atoms with Crippen molar-refractivity contribution < 1.29 is 14.3 Å². The molecule has 0 bridgehead atoms. The van der Waals surface area contributed by atoms with E-state index in [1.54, 1.807) is 16.9 Å². The second-order valence-corrected chi connectivity index (χ2v) is 6.04. The van der Waals surface area contributed by atoms with Crippen LogP contribution in [0.5, 0.6) is 0 Å². The molecule has 2 saturated heterocycles. The maximum Gasteiger partial charge on any atom is 0.246 e. The Morgan fingerprint density at radius 3 is 2.58 bits per heavy atom. The third-order valence-electron chi connectivity index (χ3n) is 4.26. The van der Waals surface area contributed by atoms with E-state index < -0.39 is 5.60 Å². The van der Waals surface area contributed by atoms with Gasteiger partial charge in [-0.1, -0.05) is 6.92 Å². The Balaban J connectivity index is 2.24. The summed E-state index contributed by atoms with van der Waals surface area (Å²) in [4.78, 5) is 28.6. The molecular formula is C14H24N2O3. The number of piperazine rings is 1. The largest absolute Gasteiger partial charge is 0.377 e. The standard InChI is InChI=1S/C14H24N2O3/c1-5-10-12(17)15-8-6-7-11(15)13(18)16(10)9-14(2,3)19-4/h10-11H,5-9H2,1-4H3. The van der Waals surface area contributed by atoms with Crippen molar-refractivity contribution in [3.05, 3.63) is 0 Å². The van der Waals surface area contributed by atoms with E-state index in [1.807, 2.05) is 20.8 Å². The lowest BCUT2D eigenvalue weighted by atomic mass is 10.00. The van der Waals surface area contributed by atoms with Crippen molar-refractivity contribution in [1.82, 2.24) is 9.80 Å². The summed E-state index contributed by atoms with van der Waals surface area (Å²) < 4.78 is 5.41. The third-order valence-corrected chi connectivity index (χ3v) is 4.26. The summed E-state index contributed by atoms with van der Waals surface area (Å²) in [6, 6.07) is -0.556. The van der Waals surface area contributed by atoms with Crippen LogP contribution in [0.15, 0.2) is 0 Å². The molecule has 108 valence electrons. The van der Waals surface area contributed by atoms with Gasteiger partial charge in [0.05, 0.1) is 12.1 Å². The number of hydrogen-bond donors (Lipinski definition) is 0. The van der Waals surface area contributed by atoms with E-state index in [-0.39, 0.29) is 23.9 Å². The molecule has 5 nitrogen and oxygen atoms in total. The zero-order valence-corrected chi connectivity index (χ0v) is 12.3. The number of nitrogens with zero attached hydrogens (tertiary/aromatic N) is 2. The summed E-state index contributed by atoms with van der Waals surface area (Å²) in [5.41, 5.74) is -0.426. The van der Waals surface area contributed by atoms with Gasteiger partial charge in [-0.25, -0.2) is 0 Å². The molecule has 2 aliphatic rings. The normalized spacial score (nSPS) is 28.0. The van der Waals surface area contributed by atoms with Crippen LogP contribution in [-0.4, -0.2) is 59.5 Å². The van der Waals surface area contributed by atoms with E-state index >= 15 is 0 Å². The highest BCUT2D eigenvalue weighted by molar-refractivity contribution is 5.97. The van der Waals surface area contributed by atoms with Crippen molar-refractivity contribution in [1.29, 1.82) is 0 Å². The van der Waals surface area contributed by atoms with E-state index in [0.717, 1.165) is 19.4 Å². The predicted octanol–water partition coefficient (Wildman–Crippen LogP) is 1.02. The fraction of sp³-hybridized carbons (Fsp3) is 0.857. The van der Waals surface area contributed by atoms with Crippen molar-refractivity contribution in [3.63, 3.8) is 0 Å². The first-order chi connectivity index (χ1) is 8.91. The lowest BCUT2D eigenvalue weighted by Crippen LogP contribution is -2.64. The van der Waals surface area contributed by atoms with Crippen molar-refractivity contribution in [2.24, 2.45) is 0 Å². The summed E-state index contributed by atoms with van der Waals surface area (Å²) in [6.45, 7) is 7.04. The molecule has 2 rings (SSSR count). The molecule has 2 heterocycles. The minimum atomic E-state index is -0.426. The molecule has 0 aromatic rings. The van der Waals surface area contributed by atoms with Crippen LogP contribution < -0.4 is 0 Å². The zero-order chi connectivity index (χ0) is 14.2. The minimum absolute atomic E-state index is 0.0917. The molecule has 0 saturated carbocycles. The Kier molecular flexibility index (Phi) is 3.85. The van der Waals surface area contributed by atoms with Crippen LogP contribution in [0, 0.1) is 0 Å². The molecule has 5 heteroatoms. The maximum absolute atomic E-state index is 12.6. The monoisotopic (exact) mass is 268 g/mol. The molecule has 2 fully saturated rings. The second kappa shape index (κ2) is 5.12. The van der Waals surface area contributed by atoms with Gasteiger partial charge in [0, 0.05) is 13.7 Å². The third kappa shape index (κ3) is 2.48. The van der Waals surface area contributed by atoms with Gasteiger partial charge in [0.2, 0.25) is 11.8 Å². The SMILES string of the molecule is CCC1C(=O)N2CCCC2C(=O)N1CC(C)(C)OC. The number of hydrogen-bond acceptors (Lipinski definition) is 3. The van der Waals surface area contributed by atoms with Gasteiger partial charge >= 0.3 is 0 Å². The fourth-order valence-electron chi connectivity index (χ4n) is 3.01. The summed E-state index contributed by atoms with van der Waals surface area (Å²) in [6.07, 6.45) is 2.39. The van der Waals surface area contributed by atoms with Crippen molar-refractivity contribution in [3.8, 4) is 0 Å². The van der Waals surface area contributed by atoms with Crippen LogP contribution in [0.2, 0.25) is 0 Å². The number of fused-ring (bicyclic) bond motifs is 1. The lowest BCUT2D eigenvalue weighted by Gasteiger charge is -2.44. The molecule has 0 aliphatic carbocycles. The topological polar surface area (TPSA) is 49.9 Å². The van der Waals surface area contributed by atoms with Crippen LogP contribution in [-0.2, 0) is 14.3 Å². The van der Waals surface area contributed by atoms with Gasteiger partial charge in [0.15, 0.2) is 0 Å². The molecular weight excluding hydrogens is 244 g/mol. The van der Waals surface area contributed by atoms with Crippen LogP contribution >= 0.6 is 0 Å². The Labute approximate surface area is 114 Å². The van der Waals surface area contributed by atoms with Gasteiger partial charge in [-0.2, -0.15) is 0 Å². The van der Waals surface area contributed by atoms with Gasteiger partial charge in [-0.3, -0.25) is 9.59 Å². The highest BCUT2D eigenvalue weighted by atomic mass is 16.5. The van der Waals surface area contributed by atoms with Gasteiger partial charge in [0.1, 0.15) is 12.1 Å². The molecule has 0 N–H and O–H groups in total. The van der Waals surface area contributed by atoms with E-state index in [4.69, 9.17) is 4.74 Å². The van der Waals surface area contributed by atoms with Crippen LogP contribution in [0.3, 0.4) is 0 Å². The molecule has 0 aromatic heterocycles. The summed E-state index contributed by atoms with van der Waals surface area (Å²) in [5, 5.41) is 0. The fourth-order valence-corrected chi connectivity index (χ4v) is 3.01. The summed E-state index contributed by atoms with van der Waals surface area (Å²) >= 11 is 0. The molecule has 0 spiro atoms. The average molecular weight is 268 g/mol. The first-order valence-corrected chi connectivity index (χ1v) is 7.07. The number of carbonyl (C=O) groups is 2. The Morgan fingerprint density at radius 2 is 2.00 bits per heavy atom. The van der Waals surface area contributed by atoms with E-state index in [9.17, 15) is 9.59 Å². The number of amides is 2. The van der Waals surface area contributed by atoms with Gasteiger partial charge < -0.3 is 14.5 Å². The van der Waals surface area contributed by atoms with Crippen molar-refractivity contribution in [2.45, 2.75) is 57.7 Å².